The number of rotatable bonds is 5. The molecule has 0 N–H and O–H groups in total. The van der Waals surface area contributed by atoms with Crippen molar-refractivity contribution in [3.63, 3.8) is 0 Å². The van der Waals surface area contributed by atoms with Crippen LogP contribution < -0.4 is 4.74 Å². The first-order chi connectivity index (χ1) is 14.5. The summed E-state index contributed by atoms with van der Waals surface area (Å²) in [6.07, 6.45) is 6.52. The molecule has 2 fully saturated rings. The highest BCUT2D eigenvalue weighted by Crippen LogP contribution is 2.52. The van der Waals surface area contributed by atoms with Crippen LogP contribution in [0, 0.1) is 29.5 Å². The molecule has 3 aliphatic rings. The van der Waals surface area contributed by atoms with Crippen LogP contribution in [-0.4, -0.2) is 23.0 Å². The Hall–Kier alpha value is -2.80. The molecule has 5 nitrogen and oxygen atoms in total. The second-order valence-electron chi connectivity index (χ2n) is 7.84. The highest BCUT2D eigenvalue weighted by atomic mass is 79.9. The summed E-state index contributed by atoms with van der Waals surface area (Å²) in [4.78, 5) is 25.3. The van der Waals surface area contributed by atoms with Crippen molar-refractivity contribution in [2.45, 2.75) is 13.0 Å². The first-order valence-corrected chi connectivity index (χ1v) is 10.6. The molecule has 4 unspecified atom stereocenters. The van der Waals surface area contributed by atoms with E-state index in [0.29, 0.717) is 10.2 Å². The molecule has 30 heavy (non-hydrogen) atoms. The molecule has 1 aliphatic heterocycles. The fraction of sp³-hybridized carbons (Fsp3) is 0.261. The summed E-state index contributed by atoms with van der Waals surface area (Å²) >= 11 is 3.46. The lowest BCUT2D eigenvalue weighted by Gasteiger charge is -2.13. The Balaban J connectivity index is 1.27. The molecule has 4 atom stereocenters. The third kappa shape index (κ3) is 3.27. The van der Waals surface area contributed by atoms with Crippen LogP contribution in [0.3, 0.4) is 0 Å². The molecule has 2 aromatic carbocycles. The topological polar surface area (TPSA) is 59.0 Å². The van der Waals surface area contributed by atoms with Crippen molar-refractivity contribution < 1.29 is 18.7 Å². The van der Waals surface area contributed by atoms with Crippen molar-refractivity contribution >= 4 is 34.0 Å². The predicted octanol–water partition coefficient (Wildman–Crippen LogP) is 4.31. The van der Waals surface area contributed by atoms with E-state index in [1.54, 1.807) is 30.3 Å². The lowest BCUT2D eigenvalue weighted by atomic mass is 9.85. The van der Waals surface area contributed by atoms with Gasteiger partial charge >= 0.3 is 0 Å². The van der Waals surface area contributed by atoms with E-state index in [2.05, 4.69) is 33.2 Å². The van der Waals surface area contributed by atoms with Crippen molar-refractivity contribution in [2.24, 2.45) is 28.8 Å². The molecule has 0 spiro atoms. The standard InChI is InChI=1S/C23H18BrFN2O3/c24-18-9-13(4-7-19(18)30-12-14-2-1-3-17(25)8-14)11-26-27-22(28)20-15-5-6-16(10-15)21(20)23(27)29/h1-9,11,15-16,20-21H,10,12H2. The minimum Gasteiger partial charge on any atom is -0.488 e. The summed E-state index contributed by atoms with van der Waals surface area (Å²) in [6.45, 7) is 0.236. The zero-order chi connectivity index (χ0) is 20.8. The number of hydrogen-bond donors (Lipinski definition) is 0. The maximum Gasteiger partial charge on any atom is 0.254 e. The quantitative estimate of drug-likeness (QED) is 0.373. The van der Waals surface area contributed by atoms with Crippen molar-refractivity contribution in [2.75, 3.05) is 0 Å². The molecular weight excluding hydrogens is 451 g/mol. The molecule has 1 saturated carbocycles. The fourth-order valence-corrected chi connectivity index (χ4v) is 5.14. The Kier molecular flexibility index (Phi) is 4.77. The minimum atomic E-state index is -0.305. The minimum absolute atomic E-state index is 0.167. The van der Waals surface area contributed by atoms with E-state index in [1.807, 2.05) is 0 Å². The third-order valence-corrected chi connectivity index (χ3v) is 6.63. The van der Waals surface area contributed by atoms with E-state index in [-0.39, 0.29) is 47.9 Å². The van der Waals surface area contributed by atoms with Gasteiger partial charge in [-0.25, -0.2) is 4.39 Å². The van der Waals surface area contributed by atoms with Gasteiger partial charge in [-0.2, -0.15) is 10.1 Å². The Morgan fingerprint density at radius 2 is 1.83 bits per heavy atom. The highest BCUT2D eigenvalue weighted by Gasteiger charge is 2.59. The van der Waals surface area contributed by atoms with Crippen LogP contribution in [0.1, 0.15) is 17.5 Å². The largest absolute Gasteiger partial charge is 0.488 e. The van der Waals surface area contributed by atoms with Gasteiger partial charge in [0.15, 0.2) is 0 Å². The lowest BCUT2D eigenvalue weighted by molar-refractivity contribution is -0.140. The number of allylic oxidation sites excluding steroid dienone is 2. The molecular formula is C23H18BrFN2O3. The van der Waals surface area contributed by atoms with E-state index in [9.17, 15) is 14.0 Å². The number of benzene rings is 2. The zero-order valence-corrected chi connectivity index (χ0v) is 17.5. The van der Waals surface area contributed by atoms with E-state index in [0.717, 1.165) is 22.6 Å². The lowest BCUT2D eigenvalue weighted by Crippen LogP contribution is -2.28. The summed E-state index contributed by atoms with van der Waals surface area (Å²) in [6, 6.07) is 11.6. The van der Waals surface area contributed by atoms with Crippen LogP contribution in [0.2, 0.25) is 0 Å². The van der Waals surface area contributed by atoms with E-state index in [1.165, 1.54) is 18.3 Å². The van der Waals surface area contributed by atoms with Gasteiger partial charge in [-0.3, -0.25) is 9.59 Å². The number of halogens is 2. The third-order valence-electron chi connectivity index (χ3n) is 6.01. The monoisotopic (exact) mass is 468 g/mol. The second kappa shape index (κ2) is 7.47. The van der Waals surface area contributed by atoms with E-state index in [4.69, 9.17) is 4.74 Å². The van der Waals surface area contributed by atoms with Gasteiger partial charge in [-0.15, -0.1) is 0 Å². The van der Waals surface area contributed by atoms with Gasteiger partial charge in [0.25, 0.3) is 11.8 Å². The molecule has 2 amide bonds. The maximum absolute atomic E-state index is 13.3. The van der Waals surface area contributed by atoms with E-state index >= 15 is 0 Å². The number of amides is 2. The average Bonchev–Trinajstić information content (AvgIpc) is 3.40. The van der Waals surface area contributed by atoms with Gasteiger partial charge in [0.05, 0.1) is 22.5 Å². The molecule has 7 heteroatoms. The van der Waals surface area contributed by atoms with Crippen LogP contribution in [-0.2, 0) is 16.2 Å². The molecule has 2 bridgehead atoms. The average molecular weight is 469 g/mol. The Morgan fingerprint density at radius 3 is 2.50 bits per heavy atom. The molecule has 5 rings (SSSR count). The van der Waals surface area contributed by atoms with Gasteiger partial charge in [0, 0.05) is 0 Å². The molecule has 0 radical (unpaired) electrons. The van der Waals surface area contributed by atoms with Crippen LogP contribution >= 0.6 is 15.9 Å². The van der Waals surface area contributed by atoms with Crippen molar-refractivity contribution in [3.05, 3.63) is 76.0 Å². The first-order valence-electron chi connectivity index (χ1n) is 9.78. The first kappa shape index (κ1) is 19.2. The molecule has 2 aliphatic carbocycles. The van der Waals surface area contributed by atoms with Crippen molar-refractivity contribution in [1.29, 1.82) is 0 Å². The fourth-order valence-electron chi connectivity index (χ4n) is 4.63. The number of hydrazone groups is 1. The summed E-state index contributed by atoms with van der Waals surface area (Å²) in [5.41, 5.74) is 1.45. The second-order valence-corrected chi connectivity index (χ2v) is 8.70. The molecule has 0 aromatic heterocycles. The number of nitrogens with zero attached hydrogens (tertiary/aromatic N) is 2. The summed E-state index contributed by atoms with van der Waals surface area (Å²) in [7, 11) is 0. The number of hydrogen-bond acceptors (Lipinski definition) is 4. The highest BCUT2D eigenvalue weighted by molar-refractivity contribution is 9.10. The van der Waals surface area contributed by atoms with Crippen LogP contribution in [0.25, 0.3) is 0 Å². The maximum atomic E-state index is 13.3. The number of imide groups is 1. The number of ether oxygens (including phenoxy) is 1. The van der Waals surface area contributed by atoms with Gasteiger partial charge in [0.1, 0.15) is 18.2 Å². The summed E-state index contributed by atoms with van der Waals surface area (Å²) in [5, 5.41) is 5.22. The van der Waals surface area contributed by atoms with Crippen molar-refractivity contribution in [3.8, 4) is 5.75 Å². The molecule has 152 valence electrons. The van der Waals surface area contributed by atoms with Crippen LogP contribution in [0.4, 0.5) is 4.39 Å². The Bertz CT molecular complexity index is 1070. The normalized spacial score (nSPS) is 26.8. The Morgan fingerprint density at radius 1 is 1.10 bits per heavy atom. The van der Waals surface area contributed by atoms with Gasteiger partial charge < -0.3 is 4.74 Å². The summed E-state index contributed by atoms with van der Waals surface area (Å²) < 4.78 is 19.7. The van der Waals surface area contributed by atoms with Crippen molar-refractivity contribution in [1.82, 2.24) is 5.01 Å². The van der Waals surface area contributed by atoms with E-state index < -0.39 is 0 Å². The number of carbonyl (C=O) groups excluding carboxylic acids is 2. The number of fused-ring (bicyclic) bond motifs is 5. The molecule has 1 heterocycles. The zero-order valence-electron chi connectivity index (χ0n) is 15.9. The Labute approximate surface area is 181 Å². The number of carbonyl (C=O) groups is 2. The molecule has 1 saturated heterocycles. The predicted molar refractivity (Wildman–Crippen MR) is 112 cm³/mol. The SMILES string of the molecule is O=C1C2C3C=CC(C3)C2C(=O)N1N=Cc1ccc(OCc2cccc(F)c2)c(Br)c1. The van der Waals surface area contributed by atoms with Gasteiger partial charge in [-0.05, 0) is 75.6 Å². The van der Waals surface area contributed by atoms with Crippen LogP contribution in [0.15, 0.2) is 64.2 Å². The van der Waals surface area contributed by atoms with Gasteiger partial charge in [0.2, 0.25) is 0 Å². The summed E-state index contributed by atoms with van der Waals surface area (Å²) in [5.74, 6) is -0.285. The van der Waals surface area contributed by atoms with Gasteiger partial charge in [-0.1, -0.05) is 24.3 Å². The smallest absolute Gasteiger partial charge is 0.254 e. The molecule has 2 aromatic rings. The van der Waals surface area contributed by atoms with Crippen LogP contribution in [0.5, 0.6) is 5.75 Å².